The highest BCUT2D eigenvalue weighted by Crippen LogP contribution is 2.24. The van der Waals surface area contributed by atoms with Gasteiger partial charge in [-0.25, -0.2) is 12.8 Å². The van der Waals surface area contributed by atoms with Gasteiger partial charge in [0.05, 0.1) is 22.0 Å². The average molecular weight is 561 g/mol. The van der Waals surface area contributed by atoms with Crippen LogP contribution in [0.4, 0.5) is 10.1 Å². The van der Waals surface area contributed by atoms with Crippen LogP contribution in [0.2, 0.25) is 10.0 Å². The topological polar surface area (TPSA) is 86.8 Å². The van der Waals surface area contributed by atoms with Gasteiger partial charge in [0.25, 0.3) is 0 Å². The molecule has 2 amide bonds. The summed E-state index contributed by atoms with van der Waals surface area (Å²) >= 11 is 12.1. The van der Waals surface area contributed by atoms with Crippen molar-refractivity contribution in [2.45, 2.75) is 52.1 Å². The summed E-state index contributed by atoms with van der Waals surface area (Å²) in [7, 11) is -3.65. The Morgan fingerprint density at radius 3 is 2.31 bits per heavy atom. The normalized spacial score (nSPS) is 12.2. The van der Waals surface area contributed by atoms with Crippen molar-refractivity contribution >= 4 is 50.7 Å². The quantitative estimate of drug-likeness (QED) is 0.349. The number of nitrogens with one attached hydrogen (secondary N) is 1. The maximum Gasteiger partial charge on any atom is 0.242 e. The van der Waals surface area contributed by atoms with Crippen LogP contribution in [0.5, 0.6) is 0 Å². The smallest absolute Gasteiger partial charge is 0.242 e. The summed E-state index contributed by atoms with van der Waals surface area (Å²) in [5.74, 6) is -1.07. The Balaban J connectivity index is 2.16. The first-order valence-corrected chi connectivity index (χ1v) is 14.3. The summed E-state index contributed by atoms with van der Waals surface area (Å²) in [5, 5.41) is 3.56. The summed E-state index contributed by atoms with van der Waals surface area (Å²) < 4.78 is 39.0. The first-order chi connectivity index (χ1) is 16.9. The molecule has 0 aliphatic rings. The average Bonchev–Trinajstić information content (AvgIpc) is 2.82. The second kappa shape index (κ2) is 13.8. The van der Waals surface area contributed by atoms with Gasteiger partial charge in [-0.05, 0) is 61.7 Å². The Labute approximate surface area is 222 Å². The van der Waals surface area contributed by atoms with Crippen molar-refractivity contribution in [3.63, 3.8) is 0 Å². The molecule has 2 rings (SSSR count). The summed E-state index contributed by atoms with van der Waals surface area (Å²) in [5.41, 5.74) is 1.01. The van der Waals surface area contributed by atoms with Crippen LogP contribution in [0.1, 0.15) is 45.1 Å². The van der Waals surface area contributed by atoms with E-state index in [4.69, 9.17) is 23.2 Å². The molecule has 0 bridgehead atoms. The van der Waals surface area contributed by atoms with E-state index < -0.39 is 21.9 Å². The van der Waals surface area contributed by atoms with Crippen LogP contribution in [-0.2, 0) is 26.2 Å². The summed E-state index contributed by atoms with van der Waals surface area (Å²) in [4.78, 5) is 27.4. The number of nitrogens with zero attached hydrogens (tertiary/aromatic N) is 2. The molecule has 0 fully saturated rings. The molecule has 7 nitrogen and oxygen atoms in total. The molecule has 0 aliphatic heterocycles. The Morgan fingerprint density at radius 2 is 1.72 bits per heavy atom. The second-order valence-corrected chi connectivity index (χ2v) is 11.2. The highest BCUT2D eigenvalue weighted by Gasteiger charge is 2.26. The fourth-order valence-corrected chi connectivity index (χ4v) is 4.85. The molecule has 2 aromatic rings. The molecular formula is C25H32Cl2FN3O4S. The first kappa shape index (κ1) is 29.9. The van der Waals surface area contributed by atoms with Crippen LogP contribution in [0, 0.1) is 5.82 Å². The molecule has 0 saturated carbocycles. The molecule has 198 valence electrons. The van der Waals surface area contributed by atoms with Gasteiger partial charge in [-0.2, -0.15) is 0 Å². The Kier molecular flexibility index (Phi) is 11.5. The van der Waals surface area contributed by atoms with Crippen molar-refractivity contribution in [2.24, 2.45) is 0 Å². The summed E-state index contributed by atoms with van der Waals surface area (Å²) in [6.45, 7) is 4.33. The van der Waals surface area contributed by atoms with E-state index in [-0.39, 0.29) is 37.7 Å². The van der Waals surface area contributed by atoms with E-state index in [1.807, 2.05) is 6.92 Å². The van der Waals surface area contributed by atoms with Gasteiger partial charge in [-0.1, -0.05) is 42.6 Å². The van der Waals surface area contributed by atoms with E-state index in [1.54, 1.807) is 25.1 Å². The van der Waals surface area contributed by atoms with Crippen LogP contribution < -0.4 is 9.62 Å². The minimum Gasteiger partial charge on any atom is -0.354 e. The second-order valence-electron chi connectivity index (χ2n) is 8.51. The largest absolute Gasteiger partial charge is 0.354 e. The van der Waals surface area contributed by atoms with Gasteiger partial charge in [0, 0.05) is 26.1 Å². The Hall–Kier alpha value is -2.36. The third-order valence-corrected chi connectivity index (χ3v) is 7.53. The number of hydrogen-bond acceptors (Lipinski definition) is 4. The lowest BCUT2D eigenvalue weighted by molar-refractivity contribution is -0.140. The van der Waals surface area contributed by atoms with Gasteiger partial charge < -0.3 is 10.2 Å². The van der Waals surface area contributed by atoms with Crippen LogP contribution in [0.25, 0.3) is 0 Å². The first-order valence-electron chi connectivity index (χ1n) is 11.7. The van der Waals surface area contributed by atoms with Gasteiger partial charge in [-0.3, -0.25) is 13.9 Å². The molecule has 0 aromatic heterocycles. The Bertz CT molecular complexity index is 1150. The molecule has 0 heterocycles. The molecule has 1 N–H and O–H groups in total. The van der Waals surface area contributed by atoms with E-state index in [0.717, 1.165) is 23.4 Å². The van der Waals surface area contributed by atoms with Crippen LogP contribution in [-0.4, -0.2) is 50.5 Å². The van der Waals surface area contributed by atoms with E-state index in [0.29, 0.717) is 27.8 Å². The fraction of sp³-hybridized carbons (Fsp3) is 0.440. The fourth-order valence-electron chi connectivity index (χ4n) is 3.56. The summed E-state index contributed by atoms with van der Waals surface area (Å²) in [6, 6.07) is 9.34. The van der Waals surface area contributed by atoms with Gasteiger partial charge >= 0.3 is 0 Å². The molecule has 0 radical (unpaired) electrons. The van der Waals surface area contributed by atoms with Gasteiger partial charge in [0.1, 0.15) is 11.9 Å². The van der Waals surface area contributed by atoms with Gasteiger partial charge in [-0.15, -0.1) is 0 Å². The number of anilines is 1. The highest BCUT2D eigenvalue weighted by molar-refractivity contribution is 7.92. The minimum absolute atomic E-state index is 0.00111. The number of carbonyl (C=O) groups is 2. The molecule has 0 spiro atoms. The number of carbonyl (C=O) groups excluding carboxylic acids is 2. The predicted molar refractivity (Wildman–Crippen MR) is 142 cm³/mol. The van der Waals surface area contributed by atoms with Crippen molar-refractivity contribution < 1.29 is 22.4 Å². The number of benzene rings is 2. The number of unbranched alkanes of at least 4 members (excludes halogenated alkanes) is 1. The minimum atomic E-state index is -3.65. The maximum absolute atomic E-state index is 13.3. The van der Waals surface area contributed by atoms with Crippen LogP contribution in [0.3, 0.4) is 0 Å². The predicted octanol–water partition coefficient (Wildman–Crippen LogP) is 5.01. The zero-order valence-corrected chi connectivity index (χ0v) is 23.0. The molecule has 0 saturated heterocycles. The number of rotatable bonds is 13. The number of hydrogen-bond donors (Lipinski definition) is 1. The zero-order valence-electron chi connectivity index (χ0n) is 20.6. The van der Waals surface area contributed by atoms with E-state index >= 15 is 0 Å². The van der Waals surface area contributed by atoms with E-state index in [1.165, 1.54) is 29.2 Å². The van der Waals surface area contributed by atoms with Crippen molar-refractivity contribution in [2.75, 3.05) is 23.7 Å². The van der Waals surface area contributed by atoms with Gasteiger partial charge in [0.15, 0.2) is 0 Å². The SMILES string of the molecule is CCCCNC(=O)[C@@H](C)N(Cc1ccc(Cl)c(Cl)c1)C(=O)CCCN(c1ccc(F)cc1)S(C)(=O)=O. The number of sulfonamides is 1. The van der Waals surface area contributed by atoms with E-state index in [2.05, 4.69) is 5.32 Å². The Morgan fingerprint density at radius 1 is 1.06 bits per heavy atom. The monoisotopic (exact) mass is 559 g/mol. The van der Waals surface area contributed by atoms with Crippen molar-refractivity contribution in [3.05, 3.63) is 63.9 Å². The standard InChI is InChI=1S/C25H32Cl2FN3O4S/c1-4-5-14-29-25(33)18(2)30(17-19-8-13-22(26)23(27)16-19)24(32)7-6-15-31(36(3,34)35)21-11-9-20(28)10-12-21/h8-13,16,18H,4-7,14-15,17H2,1-3H3,(H,29,33)/t18-/m1/s1. The van der Waals surface area contributed by atoms with Crippen LogP contribution >= 0.6 is 23.2 Å². The summed E-state index contributed by atoms with van der Waals surface area (Å²) in [6.07, 6.45) is 3.00. The number of halogens is 3. The highest BCUT2D eigenvalue weighted by atomic mass is 35.5. The maximum atomic E-state index is 13.3. The number of amides is 2. The lowest BCUT2D eigenvalue weighted by Crippen LogP contribution is -2.48. The molecular weight excluding hydrogens is 528 g/mol. The van der Waals surface area contributed by atoms with Crippen molar-refractivity contribution in [3.8, 4) is 0 Å². The zero-order chi connectivity index (χ0) is 26.9. The third-order valence-electron chi connectivity index (χ3n) is 5.60. The molecule has 2 aromatic carbocycles. The van der Waals surface area contributed by atoms with Crippen LogP contribution in [0.15, 0.2) is 42.5 Å². The molecule has 36 heavy (non-hydrogen) atoms. The third kappa shape index (κ3) is 8.94. The molecule has 1 atom stereocenters. The molecule has 0 unspecified atom stereocenters. The van der Waals surface area contributed by atoms with Crippen molar-refractivity contribution in [1.82, 2.24) is 10.2 Å². The van der Waals surface area contributed by atoms with E-state index in [9.17, 15) is 22.4 Å². The molecule has 11 heteroatoms. The van der Waals surface area contributed by atoms with Gasteiger partial charge in [0.2, 0.25) is 21.8 Å². The lowest BCUT2D eigenvalue weighted by atomic mass is 10.1. The van der Waals surface area contributed by atoms with Crippen molar-refractivity contribution in [1.29, 1.82) is 0 Å². The lowest BCUT2D eigenvalue weighted by Gasteiger charge is -2.29. The molecule has 0 aliphatic carbocycles.